The van der Waals surface area contributed by atoms with Crippen LogP contribution in [0.25, 0.3) is 0 Å². The molecule has 2 atom stereocenters. The predicted molar refractivity (Wildman–Crippen MR) is 230 cm³/mol. The first-order chi connectivity index (χ1) is 29.1. The van der Waals surface area contributed by atoms with E-state index in [1.807, 2.05) is 60.7 Å². The van der Waals surface area contributed by atoms with E-state index in [4.69, 9.17) is 35.4 Å². The molecule has 0 radical (unpaired) electrons. The van der Waals surface area contributed by atoms with E-state index in [9.17, 15) is 24.0 Å². The number of rotatable bonds is 15. The number of alkyl halides is 1. The first-order valence-corrected chi connectivity index (χ1v) is 21.4. The van der Waals surface area contributed by atoms with Crippen molar-refractivity contribution in [1.29, 1.82) is 0 Å². The minimum Gasteiger partial charge on any atom is -0.497 e. The van der Waals surface area contributed by atoms with Crippen LogP contribution in [0.3, 0.4) is 0 Å². The number of fused-ring (bicyclic) bond motifs is 1. The number of aromatic nitrogens is 1. The van der Waals surface area contributed by atoms with Crippen molar-refractivity contribution in [2.24, 2.45) is 5.16 Å². The van der Waals surface area contributed by atoms with Crippen molar-refractivity contribution in [3.05, 3.63) is 124 Å². The first kappa shape index (κ1) is 44.6. The van der Waals surface area contributed by atoms with E-state index >= 15 is 0 Å². The minimum absolute atomic E-state index is 0.0157. The van der Waals surface area contributed by atoms with Gasteiger partial charge >= 0.3 is 18.0 Å². The molecular weight excluding hydrogens is 846 g/mol. The maximum atomic E-state index is 14.2. The van der Waals surface area contributed by atoms with Gasteiger partial charge in [0, 0.05) is 17.0 Å². The van der Waals surface area contributed by atoms with Crippen LogP contribution in [0.5, 0.6) is 5.75 Å². The van der Waals surface area contributed by atoms with Gasteiger partial charge in [0.2, 0.25) is 5.60 Å². The summed E-state index contributed by atoms with van der Waals surface area (Å²) in [5.74, 6) is -2.11. The van der Waals surface area contributed by atoms with Gasteiger partial charge in [0.15, 0.2) is 16.9 Å². The number of methoxy groups -OCH3 is 1. The van der Waals surface area contributed by atoms with Gasteiger partial charge in [-0.3, -0.25) is 19.8 Å². The average Bonchev–Trinajstić information content (AvgIpc) is 3.70. The smallest absolute Gasteiger partial charge is 0.413 e. The number of amides is 3. The number of thioether (sulfide) groups is 1. The fourth-order valence-corrected chi connectivity index (χ4v) is 8.35. The molecule has 0 unspecified atom stereocenters. The molecule has 0 bridgehead atoms. The van der Waals surface area contributed by atoms with E-state index in [1.165, 1.54) is 35.9 Å². The van der Waals surface area contributed by atoms with Crippen LogP contribution >= 0.6 is 34.7 Å². The Kier molecular flexibility index (Phi) is 14.1. The second-order valence-corrected chi connectivity index (χ2v) is 17.4. The average molecular weight is 890 g/mol. The van der Waals surface area contributed by atoms with E-state index in [-0.39, 0.29) is 34.8 Å². The van der Waals surface area contributed by atoms with Gasteiger partial charge in [-0.15, -0.1) is 34.7 Å². The molecule has 18 heteroatoms. The number of hydrogen-bond acceptors (Lipinski definition) is 14. The Morgan fingerprint density at radius 2 is 1.59 bits per heavy atom. The number of ether oxygens (including phenoxy) is 4. The first-order valence-electron chi connectivity index (χ1n) is 18.9. The summed E-state index contributed by atoms with van der Waals surface area (Å²) in [7, 11) is 1.55. The molecule has 61 heavy (non-hydrogen) atoms. The molecule has 1 fully saturated rings. The third kappa shape index (κ3) is 10.9. The number of β-lactam (4-membered cyclic amide) rings is 1. The van der Waals surface area contributed by atoms with Gasteiger partial charge in [-0.05, 0) is 69.0 Å². The lowest BCUT2D eigenvalue weighted by Crippen LogP contribution is -2.71. The highest BCUT2D eigenvalue weighted by molar-refractivity contribution is 8.00. The quantitative estimate of drug-likeness (QED) is 0.0313. The molecule has 4 aromatic rings. The van der Waals surface area contributed by atoms with E-state index < -0.39 is 64.3 Å². The SMILES string of the molecule is COc1ccc(COC(=O)C2=C(CCl)CS[C@H]3[C@H](NC(=O)C(=NOC(C)(C)C(=O)OC(c4ccccc4)c4ccccc4)c4csc(NC(=O)OC(C)(C)C)n4)C(=O)N23)cc1. The number of oxime groups is 1. The normalized spacial score (nSPS) is 16.6. The van der Waals surface area contributed by atoms with Gasteiger partial charge in [-0.1, -0.05) is 78.0 Å². The lowest BCUT2D eigenvalue weighted by atomic mass is 10.0. The zero-order valence-corrected chi connectivity index (χ0v) is 36.5. The molecule has 0 spiro atoms. The Labute approximate surface area is 365 Å². The summed E-state index contributed by atoms with van der Waals surface area (Å²) in [6, 6.07) is 24.2. The summed E-state index contributed by atoms with van der Waals surface area (Å²) < 4.78 is 22.1. The molecule has 15 nitrogen and oxygen atoms in total. The molecule has 6 rings (SSSR count). The summed E-state index contributed by atoms with van der Waals surface area (Å²) in [5, 5.41) is 10.2. The fourth-order valence-electron chi connectivity index (χ4n) is 5.99. The Balaban J connectivity index is 1.22. The molecule has 1 aromatic heterocycles. The Morgan fingerprint density at radius 1 is 0.951 bits per heavy atom. The summed E-state index contributed by atoms with van der Waals surface area (Å²) in [4.78, 5) is 79.2. The maximum absolute atomic E-state index is 14.2. The highest BCUT2D eigenvalue weighted by atomic mass is 35.5. The molecule has 2 N–H and O–H groups in total. The molecule has 320 valence electrons. The number of carbonyl (C=O) groups is 5. The maximum Gasteiger partial charge on any atom is 0.413 e. The topological polar surface area (TPSA) is 184 Å². The Bertz CT molecular complexity index is 2270. The van der Waals surface area contributed by atoms with E-state index in [0.29, 0.717) is 16.9 Å². The van der Waals surface area contributed by atoms with Crippen molar-refractivity contribution in [3.8, 4) is 5.75 Å². The third-order valence-electron chi connectivity index (χ3n) is 9.07. The van der Waals surface area contributed by atoms with Crippen LogP contribution in [0.4, 0.5) is 9.93 Å². The molecule has 3 amide bonds. The summed E-state index contributed by atoms with van der Waals surface area (Å²) in [6.07, 6.45) is -1.57. The number of nitrogens with one attached hydrogen (secondary N) is 2. The third-order valence-corrected chi connectivity index (χ3v) is 11.5. The zero-order valence-electron chi connectivity index (χ0n) is 34.1. The number of anilines is 1. The van der Waals surface area contributed by atoms with Crippen molar-refractivity contribution < 1.29 is 47.8 Å². The number of carbonyl (C=O) groups excluding carboxylic acids is 5. The van der Waals surface area contributed by atoms with Crippen LogP contribution in [-0.4, -0.2) is 86.8 Å². The van der Waals surface area contributed by atoms with Gasteiger partial charge in [0.25, 0.3) is 11.8 Å². The standard InChI is InChI=1S/C43H44ClN5O10S2/c1-42(2,3)58-41(54)47-40-45-30(24-61-40)31(48-59-43(4,5)39(53)57-34(26-13-9-7-10-14-26)27-15-11-8-12-16-27)35(50)46-32-36(51)49-33(28(21-44)23-60-37(32)49)38(52)56-22-25-17-19-29(55-6)20-18-25/h7-20,24,32,34,37H,21-23H2,1-6H3,(H,46,50)(H,45,47,54)/t32-,37+/m1/s1. The Morgan fingerprint density at radius 3 is 2.18 bits per heavy atom. The predicted octanol–water partition coefficient (Wildman–Crippen LogP) is 6.97. The van der Waals surface area contributed by atoms with Crippen molar-refractivity contribution >= 4 is 75.4 Å². The van der Waals surface area contributed by atoms with Crippen molar-refractivity contribution in [1.82, 2.24) is 15.2 Å². The second-order valence-electron chi connectivity index (χ2n) is 15.2. The number of thiazole rings is 1. The Hall–Kier alpha value is -5.91. The molecule has 2 aliphatic heterocycles. The highest BCUT2D eigenvalue weighted by Gasteiger charge is 2.54. The van der Waals surface area contributed by atoms with Crippen LogP contribution in [0, 0.1) is 0 Å². The number of halogens is 1. The van der Waals surface area contributed by atoms with Gasteiger partial charge in [-0.25, -0.2) is 19.4 Å². The number of benzene rings is 3. The minimum atomic E-state index is -1.76. The van der Waals surface area contributed by atoms with Crippen LogP contribution in [-0.2, 0) is 44.8 Å². The van der Waals surface area contributed by atoms with Crippen molar-refractivity contribution in [2.75, 3.05) is 24.1 Å². The second kappa shape index (κ2) is 19.2. The van der Waals surface area contributed by atoms with Crippen LogP contribution < -0.4 is 15.4 Å². The molecular formula is C43H44ClN5O10S2. The lowest BCUT2D eigenvalue weighted by Gasteiger charge is -2.49. The van der Waals surface area contributed by atoms with E-state index in [0.717, 1.165) is 22.5 Å². The van der Waals surface area contributed by atoms with Crippen LogP contribution in [0.15, 0.2) is 107 Å². The molecule has 3 aromatic carbocycles. The zero-order chi connectivity index (χ0) is 43.9. The molecule has 1 saturated heterocycles. The van der Waals surface area contributed by atoms with Crippen molar-refractivity contribution in [2.45, 2.75) is 69.9 Å². The van der Waals surface area contributed by atoms with Gasteiger partial charge < -0.3 is 29.1 Å². The molecule has 3 heterocycles. The van der Waals surface area contributed by atoms with Gasteiger partial charge in [-0.2, -0.15) is 0 Å². The van der Waals surface area contributed by atoms with E-state index in [2.05, 4.69) is 20.8 Å². The van der Waals surface area contributed by atoms with Crippen LogP contribution in [0.2, 0.25) is 0 Å². The number of hydrogen-bond donors (Lipinski definition) is 2. The highest BCUT2D eigenvalue weighted by Crippen LogP contribution is 2.41. The fraction of sp³-hybridized carbons (Fsp3) is 0.326. The molecule has 0 aliphatic carbocycles. The van der Waals surface area contributed by atoms with Crippen molar-refractivity contribution in [3.63, 3.8) is 0 Å². The number of esters is 2. The number of nitrogens with zero attached hydrogens (tertiary/aromatic N) is 3. The largest absolute Gasteiger partial charge is 0.497 e. The van der Waals surface area contributed by atoms with E-state index in [1.54, 1.807) is 52.1 Å². The summed E-state index contributed by atoms with van der Waals surface area (Å²) >= 11 is 8.51. The summed E-state index contributed by atoms with van der Waals surface area (Å²) in [6.45, 7) is 7.91. The summed E-state index contributed by atoms with van der Waals surface area (Å²) in [5.41, 5.74) is -0.359. The molecule has 0 saturated carbocycles. The lowest BCUT2D eigenvalue weighted by molar-refractivity contribution is -0.172. The van der Waals surface area contributed by atoms with Gasteiger partial charge in [0.05, 0.1) is 7.11 Å². The molecule has 2 aliphatic rings. The van der Waals surface area contributed by atoms with Crippen LogP contribution in [0.1, 0.15) is 63.1 Å². The monoisotopic (exact) mass is 889 g/mol. The van der Waals surface area contributed by atoms with Gasteiger partial charge in [0.1, 0.15) is 40.8 Å².